The normalized spacial score (nSPS) is 21.6. The van der Waals surface area contributed by atoms with Gasteiger partial charge in [-0.1, -0.05) is 0 Å². The van der Waals surface area contributed by atoms with Gasteiger partial charge < -0.3 is 0 Å². The molecular weight excluding hydrogens is 263 g/mol. The summed E-state index contributed by atoms with van der Waals surface area (Å²) in [4.78, 5) is 0. The molecular formula is C13H24OZr. The maximum absolute atomic E-state index is 5.90. The number of hydrogen-bond donors (Lipinski definition) is 0. The molecule has 0 aromatic heterocycles. The van der Waals surface area contributed by atoms with Gasteiger partial charge in [-0.15, -0.1) is 0 Å². The summed E-state index contributed by atoms with van der Waals surface area (Å²) in [6.07, 6.45) is 0. The van der Waals surface area contributed by atoms with E-state index >= 15 is 0 Å². The van der Waals surface area contributed by atoms with Crippen LogP contribution < -0.4 is 0 Å². The van der Waals surface area contributed by atoms with Crippen LogP contribution in [0.15, 0.2) is 22.3 Å². The molecule has 0 unspecified atom stereocenters. The Morgan fingerprint density at radius 1 is 0.933 bits per heavy atom. The van der Waals surface area contributed by atoms with Crippen LogP contribution in [-0.4, -0.2) is 7.11 Å². The fourth-order valence-electron chi connectivity index (χ4n) is 2.70. The van der Waals surface area contributed by atoms with Crippen LogP contribution in [0.2, 0.25) is 12.4 Å². The van der Waals surface area contributed by atoms with Crippen molar-refractivity contribution in [3.05, 3.63) is 22.3 Å². The average molecular weight is 288 g/mol. The van der Waals surface area contributed by atoms with E-state index in [-0.39, 0.29) is 3.12 Å². The van der Waals surface area contributed by atoms with Crippen LogP contribution in [0, 0.1) is 0 Å². The molecule has 15 heavy (non-hydrogen) atoms. The summed E-state index contributed by atoms with van der Waals surface area (Å²) in [5.41, 5.74) is 6.05. The van der Waals surface area contributed by atoms with Gasteiger partial charge in [-0.25, -0.2) is 0 Å². The minimum atomic E-state index is -2.48. The quantitative estimate of drug-likeness (QED) is 0.717. The van der Waals surface area contributed by atoms with Crippen molar-refractivity contribution in [3.8, 4) is 0 Å². The first kappa shape index (κ1) is 13.4. The Hall–Kier alpha value is 0.323. The van der Waals surface area contributed by atoms with Gasteiger partial charge in [0, 0.05) is 0 Å². The van der Waals surface area contributed by atoms with E-state index < -0.39 is 20.7 Å². The van der Waals surface area contributed by atoms with Crippen molar-refractivity contribution in [2.24, 2.45) is 0 Å². The van der Waals surface area contributed by atoms with Crippen molar-refractivity contribution in [2.75, 3.05) is 7.11 Å². The molecule has 0 N–H and O–H groups in total. The Labute approximate surface area is 99.6 Å². The van der Waals surface area contributed by atoms with Crippen LogP contribution in [0.5, 0.6) is 0 Å². The van der Waals surface area contributed by atoms with Crippen LogP contribution in [0.4, 0.5) is 0 Å². The van der Waals surface area contributed by atoms with Crippen molar-refractivity contribution in [2.45, 2.75) is 47.0 Å². The third kappa shape index (κ3) is 1.65. The van der Waals surface area contributed by atoms with E-state index in [4.69, 9.17) is 2.81 Å². The van der Waals surface area contributed by atoms with E-state index in [9.17, 15) is 0 Å². The molecule has 0 aromatic rings. The topological polar surface area (TPSA) is 9.23 Å². The molecule has 1 aliphatic rings. The van der Waals surface area contributed by atoms with Crippen LogP contribution in [0.3, 0.4) is 0 Å². The summed E-state index contributed by atoms with van der Waals surface area (Å²) in [5.74, 6) is 0. The van der Waals surface area contributed by atoms with Crippen LogP contribution >= 0.6 is 0 Å². The molecule has 0 fully saturated rings. The van der Waals surface area contributed by atoms with Gasteiger partial charge in [-0.05, 0) is 0 Å². The Kier molecular flexibility index (Phi) is 3.54. The summed E-state index contributed by atoms with van der Waals surface area (Å²) in [7, 11) is 1.89. The molecule has 2 heteroatoms. The molecule has 0 saturated heterocycles. The Morgan fingerprint density at radius 2 is 1.27 bits per heavy atom. The van der Waals surface area contributed by atoms with Crippen LogP contribution in [0.25, 0.3) is 0 Å². The molecule has 1 aliphatic carbocycles. The van der Waals surface area contributed by atoms with E-state index in [0.29, 0.717) is 0 Å². The zero-order valence-corrected chi connectivity index (χ0v) is 13.9. The fraction of sp³-hybridized carbons (Fsp3) is 0.692. The third-order valence-corrected chi connectivity index (χ3v) is 15.2. The predicted molar refractivity (Wildman–Crippen MR) is 63.9 cm³/mol. The van der Waals surface area contributed by atoms with Crippen molar-refractivity contribution in [1.82, 2.24) is 0 Å². The fourth-order valence-corrected chi connectivity index (χ4v) is 9.07. The van der Waals surface area contributed by atoms with Crippen LogP contribution in [-0.2, 0) is 23.5 Å². The summed E-state index contributed by atoms with van der Waals surface area (Å²) < 4.78 is 10.9. The predicted octanol–water partition coefficient (Wildman–Crippen LogP) is 4.66. The van der Waals surface area contributed by atoms with Gasteiger partial charge in [0.05, 0.1) is 0 Å². The zero-order chi connectivity index (χ0) is 12.0. The van der Waals surface area contributed by atoms with E-state index in [1.807, 2.05) is 7.11 Å². The van der Waals surface area contributed by atoms with E-state index in [2.05, 4.69) is 43.9 Å². The molecule has 0 spiro atoms. The first-order chi connectivity index (χ1) is 6.70. The summed E-state index contributed by atoms with van der Waals surface area (Å²) in [6, 6.07) is 0. The van der Waals surface area contributed by atoms with Gasteiger partial charge in [0.1, 0.15) is 0 Å². The molecule has 0 aromatic carbocycles. The average Bonchev–Trinajstić information content (AvgIpc) is 2.35. The zero-order valence-electron chi connectivity index (χ0n) is 11.4. The van der Waals surface area contributed by atoms with Gasteiger partial charge in [0.25, 0.3) is 0 Å². The second kappa shape index (κ2) is 3.96. The van der Waals surface area contributed by atoms with Crippen molar-refractivity contribution >= 4 is 0 Å². The third-order valence-electron chi connectivity index (χ3n) is 4.90. The van der Waals surface area contributed by atoms with Gasteiger partial charge in [0.15, 0.2) is 0 Å². The Morgan fingerprint density at radius 3 is 1.53 bits per heavy atom. The van der Waals surface area contributed by atoms with Crippen molar-refractivity contribution < 1.29 is 23.5 Å². The van der Waals surface area contributed by atoms with Gasteiger partial charge in [-0.3, -0.25) is 0 Å². The SMILES string of the molecule is C[O][Zr]([CH3])([CH3])[C]1(C)C(C)=C(C)C(C)=C1C. The van der Waals surface area contributed by atoms with Gasteiger partial charge in [0.2, 0.25) is 0 Å². The summed E-state index contributed by atoms with van der Waals surface area (Å²) >= 11 is -2.48. The first-order valence-electron chi connectivity index (χ1n) is 5.61. The summed E-state index contributed by atoms with van der Waals surface area (Å²) in [5, 5.41) is 0. The molecule has 0 saturated carbocycles. The monoisotopic (exact) mass is 286 g/mol. The first-order valence-corrected chi connectivity index (χ1v) is 12.8. The Bertz CT molecular complexity index is 324. The van der Waals surface area contributed by atoms with Crippen molar-refractivity contribution in [3.63, 3.8) is 0 Å². The van der Waals surface area contributed by atoms with Gasteiger partial charge in [-0.2, -0.15) is 0 Å². The van der Waals surface area contributed by atoms with E-state index in [1.54, 1.807) is 11.1 Å². The maximum atomic E-state index is 5.90. The standard InChI is InChI=1S/C10H15.CH3O.2CH3.Zr/c1-6-7(2)9(4)10(5)8(6)3;1-2;;;/h1-5H3;1H3;2*1H3;/q;-1;;;+1. The molecule has 0 heterocycles. The van der Waals surface area contributed by atoms with Crippen LogP contribution in [0.1, 0.15) is 34.6 Å². The molecule has 0 aliphatic heterocycles. The Balaban J connectivity index is 3.40. The van der Waals surface area contributed by atoms with Crippen molar-refractivity contribution in [1.29, 1.82) is 0 Å². The molecule has 0 amide bonds. The number of hydrogen-bond acceptors (Lipinski definition) is 1. The number of allylic oxidation sites excluding steroid dienone is 4. The van der Waals surface area contributed by atoms with Gasteiger partial charge >= 0.3 is 99.9 Å². The molecule has 0 radical (unpaired) electrons. The molecule has 1 nitrogen and oxygen atoms in total. The summed E-state index contributed by atoms with van der Waals surface area (Å²) in [6.45, 7) is 11.4. The molecule has 86 valence electrons. The second-order valence-electron chi connectivity index (χ2n) is 5.34. The minimum absolute atomic E-state index is 0.248. The molecule has 0 bridgehead atoms. The number of rotatable bonds is 2. The van der Waals surface area contributed by atoms with E-state index in [1.165, 1.54) is 11.1 Å². The second-order valence-corrected chi connectivity index (χ2v) is 16.2. The molecule has 1 rings (SSSR count). The molecule has 0 atom stereocenters. The van der Waals surface area contributed by atoms with E-state index in [0.717, 1.165) is 0 Å².